The Morgan fingerprint density at radius 3 is 2.87 bits per heavy atom. The van der Waals surface area contributed by atoms with Gasteiger partial charge in [0.05, 0.1) is 10.5 Å². The second-order valence-electron chi connectivity index (χ2n) is 2.77. The van der Waals surface area contributed by atoms with Crippen LogP contribution in [0.1, 0.15) is 12.0 Å². The summed E-state index contributed by atoms with van der Waals surface area (Å²) in [5.74, 6) is 5.95. The van der Waals surface area contributed by atoms with Gasteiger partial charge in [0.1, 0.15) is 0 Å². The predicted octanol–water partition coefficient (Wildman–Crippen LogP) is 2.16. The Bertz CT molecular complexity index is 435. The van der Waals surface area contributed by atoms with Crippen molar-refractivity contribution in [2.45, 2.75) is 6.42 Å². The number of hydrogen-bond donors (Lipinski definition) is 1. The highest BCUT2D eigenvalue weighted by atomic mass is 35.5. The van der Waals surface area contributed by atoms with Crippen molar-refractivity contribution in [3.63, 3.8) is 0 Å². The maximum absolute atomic E-state index is 10.5. The first kappa shape index (κ1) is 11.3. The number of rotatable bonds is 2. The number of nitro groups is 1. The Morgan fingerprint density at radius 1 is 1.53 bits per heavy atom. The summed E-state index contributed by atoms with van der Waals surface area (Å²) in [5, 5.41) is 10.5. The lowest BCUT2D eigenvalue weighted by Crippen LogP contribution is -1.93. The van der Waals surface area contributed by atoms with E-state index in [1.807, 2.05) is 0 Å². The van der Waals surface area contributed by atoms with Crippen molar-refractivity contribution >= 4 is 23.0 Å². The van der Waals surface area contributed by atoms with E-state index in [0.717, 1.165) is 0 Å². The maximum atomic E-state index is 10.5. The Hall–Kier alpha value is -1.73. The van der Waals surface area contributed by atoms with E-state index in [0.29, 0.717) is 23.6 Å². The largest absolute Gasteiger partial charge is 0.398 e. The summed E-state index contributed by atoms with van der Waals surface area (Å²) >= 11 is 5.45. The summed E-state index contributed by atoms with van der Waals surface area (Å²) in [4.78, 5) is 10.0. The van der Waals surface area contributed by atoms with Crippen LogP contribution in [0.4, 0.5) is 11.4 Å². The molecule has 0 unspecified atom stereocenters. The molecule has 0 aliphatic rings. The third-order valence-corrected chi connectivity index (χ3v) is 1.88. The van der Waals surface area contributed by atoms with Crippen LogP contribution in [-0.4, -0.2) is 10.8 Å². The zero-order chi connectivity index (χ0) is 11.3. The molecule has 0 aliphatic carbocycles. The third kappa shape index (κ3) is 3.15. The summed E-state index contributed by atoms with van der Waals surface area (Å²) in [6, 6.07) is 4.18. The molecule has 1 rings (SSSR count). The zero-order valence-electron chi connectivity index (χ0n) is 7.87. The molecule has 0 bridgehead atoms. The average Bonchev–Trinajstić information content (AvgIpc) is 2.20. The molecule has 78 valence electrons. The van der Waals surface area contributed by atoms with Crippen molar-refractivity contribution in [1.29, 1.82) is 0 Å². The van der Waals surface area contributed by atoms with Crippen molar-refractivity contribution in [2.75, 3.05) is 11.6 Å². The molecule has 1 aromatic carbocycles. The summed E-state index contributed by atoms with van der Waals surface area (Å²) in [6.45, 7) is 0. The minimum absolute atomic E-state index is 0.0145. The van der Waals surface area contributed by atoms with Gasteiger partial charge < -0.3 is 5.73 Å². The molecule has 0 aliphatic heterocycles. The lowest BCUT2D eigenvalue weighted by Gasteiger charge is -1.97. The molecule has 0 saturated heterocycles. The fourth-order valence-corrected chi connectivity index (χ4v) is 1.07. The number of benzene rings is 1. The lowest BCUT2D eigenvalue weighted by atomic mass is 10.1. The molecular formula is C10H9ClN2O2. The monoisotopic (exact) mass is 224 g/mol. The standard InChI is InChI=1S/C10H9ClN2O2/c11-6-2-1-3-8-7-9(13(14)15)4-5-10(8)12/h4-5,7H,2,6,12H2. The highest BCUT2D eigenvalue weighted by molar-refractivity contribution is 6.18. The molecule has 0 spiro atoms. The topological polar surface area (TPSA) is 69.2 Å². The van der Waals surface area contributed by atoms with Gasteiger partial charge in [-0.1, -0.05) is 11.8 Å². The van der Waals surface area contributed by atoms with Crippen LogP contribution < -0.4 is 5.73 Å². The summed E-state index contributed by atoms with van der Waals surface area (Å²) < 4.78 is 0. The molecule has 0 atom stereocenters. The third-order valence-electron chi connectivity index (χ3n) is 1.69. The summed E-state index contributed by atoms with van der Waals surface area (Å²) in [5.41, 5.74) is 6.50. The minimum atomic E-state index is -0.480. The van der Waals surface area contributed by atoms with Crippen LogP contribution in [0.3, 0.4) is 0 Å². The van der Waals surface area contributed by atoms with E-state index in [-0.39, 0.29) is 5.69 Å². The van der Waals surface area contributed by atoms with E-state index < -0.39 is 4.92 Å². The van der Waals surface area contributed by atoms with Crippen LogP contribution in [0.25, 0.3) is 0 Å². The average molecular weight is 225 g/mol. The molecule has 1 aromatic rings. The molecule has 2 N–H and O–H groups in total. The van der Waals surface area contributed by atoms with Gasteiger partial charge in [-0.2, -0.15) is 0 Å². The fourth-order valence-electron chi connectivity index (χ4n) is 0.971. The van der Waals surface area contributed by atoms with Gasteiger partial charge in [0.15, 0.2) is 0 Å². The Balaban J connectivity index is 3.02. The van der Waals surface area contributed by atoms with Crippen LogP contribution in [0, 0.1) is 22.0 Å². The van der Waals surface area contributed by atoms with Crippen molar-refractivity contribution < 1.29 is 4.92 Å². The number of alkyl halides is 1. The maximum Gasteiger partial charge on any atom is 0.270 e. The highest BCUT2D eigenvalue weighted by Crippen LogP contribution is 2.18. The second kappa shape index (κ2) is 5.23. The van der Waals surface area contributed by atoms with Crippen molar-refractivity contribution in [2.24, 2.45) is 0 Å². The number of nitrogens with two attached hydrogens (primary N) is 1. The van der Waals surface area contributed by atoms with Crippen LogP contribution in [0.5, 0.6) is 0 Å². The number of nitrogen functional groups attached to an aromatic ring is 1. The quantitative estimate of drug-likeness (QED) is 0.275. The molecule has 0 aromatic heterocycles. The Labute approximate surface area is 92.2 Å². The smallest absolute Gasteiger partial charge is 0.270 e. The molecule has 15 heavy (non-hydrogen) atoms. The molecule has 0 amide bonds. The SMILES string of the molecule is Nc1ccc([N+](=O)[O-])cc1C#CCCCl. The van der Waals surface area contributed by atoms with Gasteiger partial charge in [0, 0.05) is 30.1 Å². The number of nitrogens with zero attached hydrogens (tertiary/aromatic N) is 1. The molecule has 0 saturated carbocycles. The minimum Gasteiger partial charge on any atom is -0.398 e. The van der Waals surface area contributed by atoms with Crippen molar-refractivity contribution in [1.82, 2.24) is 0 Å². The van der Waals surface area contributed by atoms with E-state index in [1.54, 1.807) is 0 Å². The van der Waals surface area contributed by atoms with Gasteiger partial charge in [0.25, 0.3) is 5.69 Å². The number of nitro benzene ring substituents is 1. The van der Waals surface area contributed by atoms with E-state index in [9.17, 15) is 10.1 Å². The van der Waals surface area contributed by atoms with Crippen molar-refractivity contribution in [3.8, 4) is 11.8 Å². The molecule has 0 fully saturated rings. The Kier molecular flexibility index (Phi) is 3.95. The van der Waals surface area contributed by atoms with Crippen LogP contribution in [-0.2, 0) is 0 Å². The van der Waals surface area contributed by atoms with E-state index in [2.05, 4.69) is 11.8 Å². The van der Waals surface area contributed by atoms with Gasteiger partial charge in [-0.25, -0.2) is 0 Å². The van der Waals surface area contributed by atoms with Gasteiger partial charge >= 0.3 is 0 Å². The van der Waals surface area contributed by atoms with Gasteiger partial charge in [-0.15, -0.1) is 11.6 Å². The van der Waals surface area contributed by atoms with Crippen LogP contribution in [0.15, 0.2) is 18.2 Å². The first-order valence-electron chi connectivity index (χ1n) is 4.24. The van der Waals surface area contributed by atoms with E-state index >= 15 is 0 Å². The molecule has 4 nitrogen and oxygen atoms in total. The Morgan fingerprint density at radius 2 is 2.27 bits per heavy atom. The van der Waals surface area contributed by atoms with E-state index in [1.165, 1.54) is 18.2 Å². The van der Waals surface area contributed by atoms with E-state index in [4.69, 9.17) is 17.3 Å². The predicted molar refractivity (Wildman–Crippen MR) is 59.7 cm³/mol. The first-order chi connectivity index (χ1) is 7.15. The summed E-state index contributed by atoms with van der Waals surface area (Å²) in [6.07, 6.45) is 0.531. The number of non-ortho nitro benzene ring substituents is 1. The lowest BCUT2D eigenvalue weighted by molar-refractivity contribution is -0.384. The fraction of sp³-hybridized carbons (Fsp3) is 0.200. The normalized spacial score (nSPS) is 9.13. The molecule has 0 heterocycles. The number of halogens is 1. The molecule has 5 heteroatoms. The van der Waals surface area contributed by atoms with Gasteiger partial charge in [-0.3, -0.25) is 10.1 Å². The van der Waals surface area contributed by atoms with Crippen LogP contribution >= 0.6 is 11.6 Å². The van der Waals surface area contributed by atoms with Gasteiger partial charge in [0.2, 0.25) is 0 Å². The highest BCUT2D eigenvalue weighted by Gasteiger charge is 2.06. The van der Waals surface area contributed by atoms with Crippen LogP contribution in [0.2, 0.25) is 0 Å². The number of anilines is 1. The second-order valence-corrected chi connectivity index (χ2v) is 3.15. The number of hydrogen-bond acceptors (Lipinski definition) is 3. The zero-order valence-corrected chi connectivity index (χ0v) is 8.62. The summed E-state index contributed by atoms with van der Waals surface area (Å²) in [7, 11) is 0. The van der Waals surface area contributed by atoms with Gasteiger partial charge in [-0.05, 0) is 6.07 Å². The van der Waals surface area contributed by atoms with Crippen molar-refractivity contribution in [3.05, 3.63) is 33.9 Å². The first-order valence-corrected chi connectivity index (χ1v) is 4.77. The molecular weight excluding hydrogens is 216 g/mol. The molecule has 0 radical (unpaired) electrons.